The normalized spacial score (nSPS) is 12.5. The summed E-state index contributed by atoms with van der Waals surface area (Å²) in [5.74, 6) is 0. The van der Waals surface area contributed by atoms with Gasteiger partial charge in [-0.05, 0) is 25.5 Å². The molecule has 0 aliphatic carbocycles. The SMILES string of the molecule is CCCN(c1ccccc1)C(C)O. The van der Waals surface area contributed by atoms with Gasteiger partial charge in [0.1, 0.15) is 6.23 Å². The van der Waals surface area contributed by atoms with Crippen LogP contribution in [0.4, 0.5) is 5.69 Å². The van der Waals surface area contributed by atoms with E-state index in [1.54, 1.807) is 6.92 Å². The third kappa shape index (κ3) is 2.74. The number of nitrogens with zero attached hydrogens (tertiary/aromatic N) is 1. The van der Waals surface area contributed by atoms with Crippen LogP contribution in [0.2, 0.25) is 0 Å². The number of benzene rings is 1. The topological polar surface area (TPSA) is 23.5 Å². The third-order valence-electron chi connectivity index (χ3n) is 2.00. The van der Waals surface area contributed by atoms with Crippen LogP contribution in [0.25, 0.3) is 0 Å². The Morgan fingerprint density at radius 2 is 1.92 bits per heavy atom. The van der Waals surface area contributed by atoms with Crippen LogP contribution in [0.15, 0.2) is 30.3 Å². The summed E-state index contributed by atoms with van der Waals surface area (Å²) in [4.78, 5) is 1.99. The van der Waals surface area contributed by atoms with Gasteiger partial charge in [0, 0.05) is 12.2 Å². The van der Waals surface area contributed by atoms with Crippen molar-refractivity contribution in [3.63, 3.8) is 0 Å². The molecule has 1 aromatic carbocycles. The Balaban J connectivity index is 2.76. The van der Waals surface area contributed by atoms with Crippen LogP contribution in [0.3, 0.4) is 0 Å². The van der Waals surface area contributed by atoms with E-state index in [1.807, 2.05) is 35.2 Å². The molecule has 72 valence electrons. The lowest BCUT2D eigenvalue weighted by molar-refractivity contribution is 0.188. The van der Waals surface area contributed by atoms with Crippen LogP contribution in [0, 0.1) is 0 Å². The van der Waals surface area contributed by atoms with Gasteiger partial charge < -0.3 is 10.0 Å². The average Bonchev–Trinajstić information content (AvgIpc) is 2.15. The predicted molar refractivity (Wildman–Crippen MR) is 55.8 cm³/mol. The van der Waals surface area contributed by atoms with Gasteiger partial charge in [0.15, 0.2) is 0 Å². The first-order valence-corrected chi connectivity index (χ1v) is 4.75. The molecule has 0 radical (unpaired) electrons. The molecule has 0 aliphatic heterocycles. The summed E-state index contributed by atoms with van der Waals surface area (Å²) in [5, 5.41) is 9.52. The molecule has 1 N–H and O–H groups in total. The van der Waals surface area contributed by atoms with Gasteiger partial charge >= 0.3 is 0 Å². The molecule has 1 rings (SSSR count). The second-order valence-electron chi connectivity index (χ2n) is 3.16. The molecule has 0 aliphatic rings. The Kier molecular flexibility index (Phi) is 3.77. The highest BCUT2D eigenvalue weighted by Gasteiger charge is 2.09. The van der Waals surface area contributed by atoms with Gasteiger partial charge in [-0.1, -0.05) is 25.1 Å². The largest absolute Gasteiger partial charge is 0.374 e. The van der Waals surface area contributed by atoms with E-state index in [4.69, 9.17) is 0 Å². The number of aliphatic hydroxyl groups excluding tert-OH is 1. The molecule has 0 aromatic heterocycles. The number of hydrogen-bond donors (Lipinski definition) is 1. The van der Waals surface area contributed by atoms with Gasteiger partial charge in [-0.25, -0.2) is 0 Å². The molecule has 2 nitrogen and oxygen atoms in total. The zero-order chi connectivity index (χ0) is 9.68. The highest BCUT2D eigenvalue weighted by atomic mass is 16.3. The van der Waals surface area contributed by atoms with Crippen LogP contribution in [-0.2, 0) is 0 Å². The highest BCUT2D eigenvalue weighted by molar-refractivity contribution is 5.46. The van der Waals surface area contributed by atoms with Crippen LogP contribution in [-0.4, -0.2) is 17.9 Å². The maximum absolute atomic E-state index is 9.52. The molecule has 0 heterocycles. The summed E-state index contributed by atoms with van der Waals surface area (Å²) < 4.78 is 0. The number of hydrogen-bond acceptors (Lipinski definition) is 2. The van der Waals surface area contributed by atoms with Gasteiger partial charge in [-0.2, -0.15) is 0 Å². The van der Waals surface area contributed by atoms with Crippen molar-refractivity contribution in [2.75, 3.05) is 11.4 Å². The fourth-order valence-electron chi connectivity index (χ4n) is 1.39. The number of rotatable bonds is 4. The summed E-state index contributed by atoms with van der Waals surface area (Å²) in [6.45, 7) is 4.79. The summed E-state index contributed by atoms with van der Waals surface area (Å²) in [6.07, 6.45) is 0.627. The van der Waals surface area contributed by atoms with Crippen LogP contribution < -0.4 is 4.90 Å². The van der Waals surface area contributed by atoms with Crippen molar-refractivity contribution in [2.24, 2.45) is 0 Å². The Hall–Kier alpha value is -1.02. The summed E-state index contributed by atoms with van der Waals surface area (Å²) in [7, 11) is 0. The minimum absolute atomic E-state index is 0.414. The number of para-hydroxylation sites is 1. The molecular weight excluding hydrogens is 162 g/mol. The Bertz CT molecular complexity index is 233. The van der Waals surface area contributed by atoms with Crippen molar-refractivity contribution in [1.82, 2.24) is 0 Å². The van der Waals surface area contributed by atoms with Crippen molar-refractivity contribution < 1.29 is 5.11 Å². The van der Waals surface area contributed by atoms with Crippen molar-refractivity contribution in [1.29, 1.82) is 0 Å². The first kappa shape index (κ1) is 10.1. The van der Waals surface area contributed by atoms with Crippen molar-refractivity contribution >= 4 is 5.69 Å². The van der Waals surface area contributed by atoms with E-state index < -0.39 is 6.23 Å². The second kappa shape index (κ2) is 4.87. The fraction of sp³-hybridized carbons (Fsp3) is 0.455. The summed E-state index contributed by atoms with van der Waals surface area (Å²) in [5.41, 5.74) is 1.08. The van der Waals surface area contributed by atoms with E-state index in [-0.39, 0.29) is 0 Å². The van der Waals surface area contributed by atoms with Crippen molar-refractivity contribution in [3.8, 4) is 0 Å². The first-order valence-electron chi connectivity index (χ1n) is 4.75. The molecule has 0 bridgehead atoms. The minimum atomic E-state index is -0.414. The van der Waals surface area contributed by atoms with Gasteiger partial charge in [0.25, 0.3) is 0 Å². The molecular formula is C11H17NO. The predicted octanol–water partition coefficient (Wildman–Crippen LogP) is 2.24. The Labute approximate surface area is 79.8 Å². The second-order valence-corrected chi connectivity index (χ2v) is 3.16. The molecule has 2 heteroatoms. The van der Waals surface area contributed by atoms with Crippen LogP contribution in [0.5, 0.6) is 0 Å². The molecule has 1 aromatic rings. The zero-order valence-electron chi connectivity index (χ0n) is 8.27. The van der Waals surface area contributed by atoms with Crippen LogP contribution in [0.1, 0.15) is 20.3 Å². The van der Waals surface area contributed by atoms with Gasteiger partial charge in [0.2, 0.25) is 0 Å². The van der Waals surface area contributed by atoms with Gasteiger partial charge in [0.05, 0.1) is 0 Å². The van der Waals surface area contributed by atoms with E-state index in [0.717, 1.165) is 18.7 Å². The molecule has 0 saturated carbocycles. The molecule has 0 saturated heterocycles. The Morgan fingerprint density at radius 3 is 2.38 bits per heavy atom. The van der Waals surface area contributed by atoms with Gasteiger partial charge in [-0.3, -0.25) is 0 Å². The minimum Gasteiger partial charge on any atom is -0.374 e. The summed E-state index contributed by atoms with van der Waals surface area (Å²) >= 11 is 0. The Morgan fingerprint density at radius 1 is 1.31 bits per heavy atom. The third-order valence-corrected chi connectivity index (χ3v) is 2.00. The fourth-order valence-corrected chi connectivity index (χ4v) is 1.39. The highest BCUT2D eigenvalue weighted by Crippen LogP contribution is 2.15. The summed E-state index contributed by atoms with van der Waals surface area (Å²) in [6, 6.07) is 9.99. The smallest absolute Gasteiger partial charge is 0.124 e. The van der Waals surface area contributed by atoms with Crippen molar-refractivity contribution in [3.05, 3.63) is 30.3 Å². The molecule has 0 spiro atoms. The quantitative estimate of drug-likeness (QED) is 0.716. The lowest BCUT2D eigenvalue weighted by atomic mass is 10.2. The zero-order valence-corrected chi connectivity index (χ0v) is 8.27. The molecule has 13 heavy (non-hydrogen) atoms. The maximum atomic E-state index is 9.52. The standard InChI is InChI=1S/C11H17NO/c1-3-9-12(10(2)13)11-7-5-4-6-8-11/h4-8,10,13H,3,9H2,1-2H3. The van der Waals surface area contributed by atoms with E-state index in [0.29, 0.717) is 0 Å². The van der Waals surface area contributed by atoms with E-state index >= 15 is 0 Å². The molecule has 0 fully saturated rings. The molecule has 1 unspecified atom stereocenters. The number of anilines is 1. The lowest BCUT2D eigenvalue weighted by Gasteiger charge is -2.27. The maximum Gasteiger partial charge on any atom is 0.124 e. The molecule has 1 atom stereocenters. The van der Waals surface area contributed by atoms with Crippen molar-refractivity contribution in [2.45, 2.75) is 26.5 Å². The monoisotopic (exact) mass is 179 g/mol. The number of aliphatic hydroxyl groups is 1. The van der Waals surface area contributed by atoms with E-state index in [9.17, 15) is 5.11 Å². The van der Waals surface area contributed by atoms with Crippen LogP contribution >= 0.6 is 0 Å². The van der Waals surface area contributed by atoms with E-state index in [2.05, 4.69) is 6.92 Å². The molecule has 0 amide bonds. The van der Waals surface area contributed by atoms with E-state index in [1.165, 1.54) is 0 Å². The van der Waals surface area contributed by atoms with Gasteiger partial charge in [-0.15, -0.1) is 0 Å². The lowest BCUT2D eigenvalue weighted by Crippen LogP contribution is -2.33. The first-order chi connectivity index (χ1) is 6.25. The average molecular weight is 179 g/mol.